The number of H-pyrrole nitrogens is 1. The molecule has 2 aromatic heterocycles. The van der Waals surface area contributed by atoms with Gasteiger partial charge in [-0.1, -0.05) is 32.0 Å². The maximum Gasteiger partial charge on any atom is 0.260 e. The first kappa shape index (κ1) is 12.8. The Hall–Kier alpha value is -2.21. The first-order valence-corrected chi connectivity index (χ1v) is 6.42. The molecular weight excluding hydrogens is 256 g/mol. The van der Waals surface area contributed by atoms with Crippen LogP contribution in [0.4, 0.5) is 0 Å². The normalized spacial score (nSPS) is 12.2. The van der Waals surface area contributed by atoms with Crippen LogP contribution in [0.2, 0.25) is 0 Å². The van der Waals surface area contributed by atoms with E-state index in [1.54, 1.807) is 0 Å². The van der Waals surface area contributed by atoms with Crippen LogP contribution in [0.3, 0.4) is 0 Å². The number of fused-ring (bicyclic) bond motifs is 1. The second-order valence-corrected chi connectivity index (χ2v) is 5.72. The number of nitrogens with one attached hydrogen (secondary N) is 1. The highest BCUT2D eigenvalue weighted by atomic mass is 16.5. The first-order chi connectivity index (χ1) is 9.49. The van der Waals surface area contributed by atoms with Crippen LogP contribution in [0.15, 0.2) is 22.7 Å². The molecule has 104 valence electrons. The molecule has 6 heteroatoms. The zero-order valence-corrected chi connectivity index (χ0v) is 11.6. The van der Waals surface area contributed by atoms with Crippen molar-refractivity contribution in [3.05, 3.63) is 29.8 Å². The van der Waals surface area contributed by atoms with Gasteiger partial charge in [0.05, 0.1) is 11.1 Å². The van der Waals surface area contributed by atoms with Crippen molar-refractivity contribution < 1.29 is 9.63 Å². The van der Waals surface area contributed by atoms with E-state index in [-0.39, 0.29) is 12.0 Å². The van der Waals surface area contributed by atoms with E-state index < -0.39 is 0 Å². The number of aliphatic hydroxyl groups excluding tert-OH is 1. The molecule has 6 nitrogen and oxygen atoms in total. The third-order valence-corrected chi connectivity index (χ3v) is 3.04. The summed E-state index contributed by atoms with van der Waals surface area (Å²) < 4.78 is 5.35. The maximum atomic E-state index is 9.17. The summed E-state index contributed by atoms with van der Waals surface area (Å²) in [5.41, 5.74) is 2.15. The summed E-state index contributed by atoms with van der Waals surface area (Å²) in [7, 11) is 0. The van der Waals surface area contributed by atoms with E-state index in [2.05, 4.69) is 20.1 Å². The second kappa shape index (κ2) is 4.42. The smallest absolute Gasteiger partial charge is 0.260 e. The number of aliphatic hydroxyl groups is 1. The van der Waals surface area contributed by atoms with E-state index in [4.69, 9.17) is 9.63 Å². The van der Waals surface area contributed by atoms with Gasteiger partial charge in [-0.25, -0.2) is 4.98 Å². The third kappa shape index (κ3) is 2.08. The number of para-hydroxylation sites is 1. The fourth-order valence-electron chi connectivity index (χ4n) is 1.97. The maximum absolute atomic E-state index is 9.17. The van der Waals surface area contributed by atoms with E-state index in [1.165, 1.54) is 0 Å². The van der Waals surface area contributed by atoms with Crippen molar-refractivity contribution in [1.29, 1.82) is 0 Å². The van der Waals surface area contributed by atoms with Gasteiger partial charge in [-0.3, -0.25) is 0 Å². The molecule has 0 spiro atoms. The molecule has 0 aliphatic heterocycles. The van der Waals surface area contributed by atoms with Gasteiger partial charge in [0.15, 0.2) is 5.82 Å². The standard InChI is InChI=1S/C14H16N4O2/c1-14(2,3)13-17-12(20-18-13)8-5-4-6-9-11(8)16-10(7-19)15-9/h4-6,19H,7H2,1-3H3,(H,15,16). The quantitative estimate of drug-likeness (QED) is 0.748. The minimum atomic E-state index is -0.169. The molecule has 0 aliphatic carbocycles. The van der Waals surface area contributed by atoms with Crippen LogP contribution in [0.25, 0.3) is 22.5 Å². The molecule has 0 saturated heterocycles. The molecule has 0 unspecified atom stereocenters. The fourth-order valence-corrected chi connectivity index (χ4v) is 1.97. The Bertz CT molecular complexity index is 752. The number of imidazole rings is 1. The lowest BCUT2D eigenvalue weighted by atomic mass is 9.96. The molecule has 0 radical (unpaired) electrons. The summed E-state index contributed by atoms with van der Waals surface area (Å²) in [6.45, 7) is 5.95. The molecule has 0 fully saturated rings. The van der Waals surface area contributed by atoms with E-state index in [9.17, 15) is 0 Å². The average Bonchev–Trinajstić information content (AvgIpc) is 3.03. The molecular formula is C14H16N4O2. The number of rotatable bonds is 2. The molecule has 0 saturated carbocycles. The highest BCUT2D eigenvalue weighted by molar-refractivity contribution is 5.89. The fraction of sp³-hybridized carbons (Fsp3) is 0.357. The molecule has 3 aromatic rings. The number of hydrogen-bond donors (Lipinski definition) is 2. The van der Waals surface area contributed by atoms with Gasteiger partial charge in [-0.2, -0.15) is 4.98 Å². The van der Waals surface area contributed by atoms with Gasteiger partial charge in [-0.05, 0) is 12.1 Å². The minimum absolute atomic E-state index is 0.134. The van der Waals surface area contributed by atoms with Crippen molar-refractivity contribution in [3.8, 4) is 11.5 Å². The summed E-state index contributed by atoms with van der Waals surface area (Å²) in [6, 6.07) is 5.66. The number of nitrogens with zero attached hydrogens (tertiary/aromatic N) is 3. The van der Waals surface area contributed by atoms with Gasteiger partial charge in [0.25, 0.3) is 5.89 Å². The Morgan fingerprint density at radius 1 is 1.25 bits per heavy atom. The van der Waals surface area contributed by atoms with Crippen molar-refractivity contribution in [2.75, 3.05) is 0 Å². The van der Waals surface area contributed by atoms with Gasteiger partial charge in [0.1, 0.15) is 17.9 Å². The van der Waals surface area contributed by atoms with E-state index in [1.807, 2.05) is 39.0 Å². The zero-order chi connectivity index (χ0) is 14.3. The topological polar surface area (TPSA) is 87.8 Å². The SMILES string of the molecule is CC(C)(C)c1noc(-c2cccc3[nH]c(CO)nc23)n1. The molecule has 0 amide bonds. The van der Waals surface area contributed by atoms with Crippen LogP contribution in [-0.2, 0) is 12.0 Å². The molecule has 20 heavy (non-hydrogen) atoms. The van der Waals surface area contributed by atoms with Crippen molar-refractivity contribution in [2.45, 2.75) is 32.8 Å². The predicted octanol–water partition coefficient (Wildman–Crippen LogP) is 2.40. The average molecular weight is 272 g/mol. The number of aromatic nitrogens is 4. The Morgan fingerprint density at radius 3 is 2.70 bits per heavy atom. The lowest BCUT2D eigenvalue weighted by Crippen LogP contribution is -2.13. The van der Waals surface area contributed by atoms with Crippen LogP contribution in [-0.4, -0.2) is 25.2 Å². The van der Waals surface area contributed by atoms with Gasteiger partial charge >= 0.3 is 0 Å². The number of benzene rings is 1. The summed E-state index contributed by atoms with van der Waals surface area (Å²) in [6.07, 6.45) is 0. The first-order valence-electron chi connectivity index (χ1n) is 6.42. The Morgan fingerprint density at radius 2 is 2.05 bits per heavy atom. The molecule has 0 aliphatic rings. The number of aromatic amines is 1. The van der Waals surface area contributed by atoms with Crippen LogP contribution in [0, 0.1) is 0 Å². The van der Waals surface area contributed by atoms with Gasteiger partial charge in [-0.15, -0.1) is 0 Å². The lowest BCUT2D eigenvalue weighted by Gasteiger charge is -2.10. The predicted molar refractivity (Wildman–Crippen MR) is 74.0 cm³/mol. The Balaban J connectivity index is 2.14. The molecule has 3 rings (SSSR count). The second-order valence-electron chi connectivity index (χ2n) is 5.72. The highest BCUT2D eigenvalue weighted by Gasteiger charge is 2.22. The molecule has 0 atom stereocenters. The largest absolute Gasteiger partial charge is 0.388 e. The number of hydrogen-bond acceptors (Lipinski definition) is 5. The highest BCUT2D eigenvalue weighted by Crippen LogP contribution is 2.28. The Kier molecular flexibility index (Phi) is 2.83. The van der Waals surface area contributed by atoms with E-state index >= 15 is 0 Å². The summed E-state index contributed by atoms with van der Waals surface area (Å²) in [5.74, 6) is 1.61. The van der Waals surface area contributed by atoms with Crippen LogP contribution in [0.1, 0.15) is 32.4 Å². The molecule has 1 aromatic carbocycles. The van der Waals surface area contributed by atoms with Crippen molar-refractivity contribution in [1.82, 2.24) is 20.1 Å². The van der Waals surface area contributed by atoms with Crippen molar-refractivity contribution in [2.24, 2.45) is 0 Å². The third-order valence-electron chi connectivity index (χ3n) is 3.04. The van der Waals surface area contributed by atoms with Crippen LogP contribution < -0.4 is 0 Å². The zero-order valence-electron chi connectivity index (χ0n) is 11.6. The molecule has 2 N–H and O–H groups in total. The lowest BCUT2D eigenvalue weighted by molar-refractivity contribution is 0.273. The van der Waals surface area contributed by atoms with Gasteiger partial charge < -0.3 is 14.6 Å². The molecule has 2 heterocycles. The minimum Gasteiger partial charge on any atom is -0.388 e. The monoisotopic (exact) mass is 272 g/mol. The van der Waals surface area contributed by atoms with E-state index in [0.29, 0.717) is 17.5 Å². The Labute approximate surface area is 115 Å². The van der Waals surface area contributed by atoms with Gasteiger partial charge in [0.2, 0.25) is 0 Å². The van der Waals surface area contributed by atoms with Crippen LogP contribution in [0.5, 0.6) is 0 Å². The summed E-state index contributed by atoms with van der Waals surface area (Å²) in [5, 5.41) is 13.2. The van der Waals surface area contributed by atoms with E-state index in [0.717, 1.165) is 16.6 Å². The van der Waals surface area contributed by atoms with Crippen LogP contribution >= 0.6 is 0 Å². The van der Waals surface area contributed by atoms with Crippen molar-refractivity contribution in [3.63, 3.8) is 0 Å². The molecule has 0 bridgehead atoms. The summed E-state index contributed by atoms with van der Waals surface area (Å²) >= 11 is 0. The summed E-state index contributed by atoms with van der Waals surface area (Å²) in [4.78, 5) is 11.8. The van der Waals surface area contributed by atoms with Gasteiger partial charge in [0, 0.05) is 5.41 Å². The van der Waals surface area contributed by atoms with Crippen molar-refractivity contribution >= 4 is 11.0 Å².